The van der Waals surface area contributed by atoms with Crippen molar-refractivity contribution in [3.8, 4) is 17.2 Å². The molecule has 1 aliphatic heterocycles. The average Bonchev–Trinajstić information content (AvgIpc) is 3.08. The van der Waals surface area contributed by atoms with Crippen LogP contribution in [0.4, 0.5) is 5.69 Å². The van der Waals surface area contributed by atoms with Crippen molar-refractivity contribution < 1.29 is 19.0 Å². The SMILES string of the molecule is COc1c(C(=O)Nc2ccc3c(c2)OCO3)ccc2ccccc12. The first kappa shape index (κ1) is 14.4. The Morgan fingerprint density at radius 2 is 1.88 bits per heavy atom. The van der Waals surface area contributed by atoms with Crippen LogP contribution in [-0.2, 0) is 0 Å². The predicted octanol–water partition coefficient (Wildman–Crippen LogP) is 3.83. The number of hydrogen-bond donors (Lipinski definition) is 1. The fourth-order valence-electron chi connectivity index (χ4n) is 2.81. The van der Waals surface area contributed by atoms with Gasteiger partial charge in [-0.1, -0.05) is 30.3 Å². The molecule has 0 saturated heterocycles. The molecule has 3 aromatic carbocycles. The molecule has 0 aromatic heterocycles. The van der Waals surface area contributed by atoms with E-state index in [1.807, 2.05) is 30.3 Å². The lowest BCUT2D eigenvalue weighted by Gasteiger charge is -2.12. The highest BCUT2D eigenvalue weighted by molar-refractivity contribution is 6.10. The molecule has 0 fully saturated rings. The zero-order chi connectivity index (χ0) is 16.5. The van der Waals surface area contributed by atoms with Gasteiger partial charge in [0.1, 0.15) is 5.75 Å². The van der Waals surface area contributed by atoms with Gasteiger partial charge in [-0.3, -0.25) is 4.79 Å². The van der Waals surface area contributed by atoms with Crippen LogP contribution in [0, 0.1) is 0 Å². The van der Waals surface area contributed by atoms with Crippen molar-refractivity contribution in [3.05, 3.63) is 60.2 Å². The molecule has 3 aromatic rings. The summed E-state index contributed by atoms with van der Waals surface area (Å²) < 4.78 is 16.1. The predicted molar refractivity (Wildman–Crippen MR) is 91.0 cm³/mol. The molecule has 1 heterocycles. The lowest BCUT2D eigenvalue weighted by molar-refractivity contribution is 0.102. The van der Waals surface area contributed by atoms with Crippen LogP contribution in [0.5, 0.6) is 17.2 Å². The largest absolute Gasteiger partial charge is 0.495 e. The minimum atomic E-state index is -0.239. The van der Waals surface area contributed by atoms with E-state index < -0.39 is 0 Å². The first-order valence-corrected chi connectivity index (χ1v) is 7.53. The van der Waals surface area contributed by atoms with Gasteiger partial charge in [0, 0.05) is 17.1 Å². The second-order valence-corrected chi connectivity index (χ2v) is 5.39. The number of benzene rings is 3. The van der Waals surface area contributed by atoms with Gasteiger partial charge in [-0.05, 0) is 23.6 Å². The normalized spacial score (nSPS) is 12.2. The van der Waals surface area contributed by atoms with Crippen LogP contribution >= 0.6 is 0 Å². The summed E-state index contributed by atoms with van der Waals surface area (Å²) in [5.41, 5.74) is 1.12. The number of amides is 1. The Hall–Kier alpha value is -3.21. The molecule has 120 valence electrons. The van der Waals surface area contributed by atoms with E-state index in [0.29, 0.717) is 28.5 Å². The van der Waals surface area contributed by atoms with Crippen LogP contribution in [0.3, 0.4) is 0 Å². The Kier molecular flexibility index (Phi) is 3.46. The lowest BCUT2D eigenvalue weighted by atomic mass is 10.0. The number of nitrogens with one attached hydrogen (secondary N) is 1. The Morgan fingerprint density at radius 1 is 1.04 bits per heavy atom. The molecule has 0 unspecified atom stereocenters. The van der Waals surface area contributed by atoms with Crippen molar-refractivity contribution in [1.82, 2.24) is 0 Å². The van der Waals surface area contributed by atoms with Crippen LogP contribution in [0.1, 0.15) is 10.4 Å². The molecular weight excluding hydrogens is 306 g/mol. The van der Waals surface area contributed by atoms with Gasteiger partial charge in [0.15, 0.2) is 11.5 Å². The maximum absolute atomic E-state index is 12.7. The standard InChI is InChI=1S/C19H15NO4/c1-22-18-14-5-3-2-4-12(14)6-8-15(18)19(21)20-13-7-9-16-17(10-13)24-11-23-16/h2-10H,11H2,1H3,(H,20,21). The number of ether oxygens (including phenoxy) is 3. The topological polar surface area (TPSA) is 56.8 Å². The van der Waals surface area contributed by atoms with Gasteiger partial charge in [-0.25, -0.2) is 0 Å². The summed E-state index contributed by atoms with van der Waals surface area (Å²) in [6.07, 6.45) is 0. The Morgan fingerprint density at radius 3 is 2.75 bits per heavy atom. The van der Waals surface area contributed by atoms with Gasteiger partial charge in [0.2, 0.25) is 6.79 Å². The van der Waals surface area contributed by atoms with E-state index in [-0.39, 0.29) is 12.7 Å². The molecule has 0 aliphatic carbocycles. The van der Waals surface area contributed by atoms with E-state index in [9.17, 15) is 4.79 Å². The Labute approximate surface area is 138 Å². The van der Waals surface area contributed by atoms with Gasteiger partial charge in [-0.15, -0.1) is 0 Å². The molecule has 4 rings (SSSR count). The second kappa shape index (κ2) is 5.77. The van der Waals surface area contributed by atoms with Crippen LogP contribution in [0.25, 0.3) is 10.8 Å². The number of hydrogen-bond acceptors (Lipinski definition) is 4. The second-order valence-electron chi connectivity index (χ2n) is 5.39. The maximum atomic E-state index is 12.7. The minimum Gasteiger partial charge on any atom is -0.495 e. The van der Waals surface area contributed by atoms with Crippen LogP contribution in [0.15, 0.2) is 54.6 Å². The first-order valence-electron chi connectivity index (χ1n) is 7.53. The smallest absolute Gasteiger partial charge is 0.259 e. The molecule has 24 heavy (non-hydrogen) atoms. The van der Waals surface area contributed by atoms with Crippen molar-refractivity contribution in [3.63, 3.8) is 0 Å². The lowest BCUT2D eigenvalue weighted by Crippen LogP contribution is -2.13. The quantitative estimate of drug-likeness (QED) is 0.796. The van der Waals surface area contributed by atoms with Crippen LogP contribution in [0.2, 0.25) is 0 Å². The summed E-state index contributed by atoms with van der Waals surface area (Å²) in [6, 6.07) is 16.8. The fourth-order valence-corrected chi connectivity index (χ4v) is 2.81. The van der Waals surface area contributed by atoms with Crippen molar-refractivity contribution in [2.75, 3.05) is 19.2 Å². The molecule has 0 spiro atoms. The summed E-state index contributed by atoms with van der Waals surface area (Å²) in [6.45, 7) is 0.200. The van der Waals surface area contributed by atoms with Crippen molar-refractivity contribution >= 4 is 22.4 Å². The highest BCUT2D eigenvalue weighted by Crippen LogP contribution is 2.35. The summed E-state index contributed by atoms with van der Waals surface area (Å²) in [4.78, 5) is 12.7. The monoisotopic (exact) mass is 321 g/mol. The van der Waals surface area contributed by atoms with Gasteiger partial charge in [-0.2, -0.15) is 0 Å². The maximum Gasteiger partial charge on any atom is 0.259 e. The number of rotatable bonds is 3. The van der Waals surface area contributed by atoms with E-state index in [1.54, 1.807) is 31.4 Å². The molecule has 0 bridgehead atoms. The minimum absolute atomic E-state index is 0.200. The molecule has 5 heteroatoms. The van der Waals surface area contributed by atoms with Gasteiger partial charge < -0.3 is 19.5 Å². The number of methoxy groups -OCH3 is 1. The van der Waals surface area contributed by atoms with E-state index in [2.05, 4.69) is 5.32 Å². The first-order chi connectivity index (χ1) is 11.8. The third-order valence-electron chi connectivity index (χ3n) is 3.96. The van der Waals surface area contributed by atoms with E-state index in [1.165, 1.54) is 0 Å². The summed E-state index contributed by atoms with van der Waals surface area (Å²) in [5, 5.41) is 4.80. The molecule has 1 N–H and O–H groups in total. The third kappa shape index (κ3) is 2.40. The zero-order valence-electron chi connectivity index (χ0n) is 13.0. The number of anilines is 1. The van der Waals surface area contributed by atoms with Crippen molar-refractivity contribution in [2.45, 2.75) is 0 Å². The number of fused-ring (bicyclic) bond motifs is 2. The molecule has 0 atom stereocenters. The fraction of sp³-hybridized carbons (Fsp3) is 0.105. The molecule has 1 aliphatic rings. The van der Waals surface area contributed by atoms with E-state index >= 15 is 0 Å². The summed E-state index contributed by atoms with van der Waals surface area (Å²) in [7, 11) is 1.57. The third-order valence-corrected chi connectivity index (χ3v) is 3.96. The van der Waals surface area contributed by atoms with E-state index in [0.717, 1.165) is 10.8 Å². The number of carbonyl (C=O) groups excluding carboxylic acids is 1. The van der Waals surface area contributed by atoms with Crippen molar-refractivity contribution in [1.29, 1.82) is 0 Å². The average molecular weight is 321 g/mol. The van der Waals surface area contributed by atoms with Gasteiger partial charge in [0.05, 0.1) is 12.7 Å². The van der Waals surface area contributed by atoms with Gasteiger partial charge in [0.25, 0.3) is 5.91 Å². The van der Waals surface area contributed by atoms with Crippen molar-refractivity contribution in [2.24, 2.45) is 0 Å². The van der Waals surface area contributed by atoms with Crippen LogP contribution in [-0.4, -0.2) is 19.8 Å². The Bertz CT molecular complexity index is 936. The molecule has 0 saturated carbocycles. The summed E-state index contributed by atoms with van der Waals surface area (Å²) >= 11 is 0. The molecule has 5 nitrogen and oxygen atoms in total. The highest BCUT2D eigenvalue weighted by atomic mass is 16.7. The molecule has 0 radical (unpaired) electrons. The van der Waals surface area contributed by atoms with Gasteiger partial charge >= 0.3 is 0 Å². The van der Waals surface area contributed by atoms with E-state index in [4.69, 9.17) is 14.2 Å². The molecular formula is C19H15NO4. The molecule has 1 amide bonds. The van der Waals surface area contributed by atoms with Crippen LogP contribution < -0.4 is 19.5 Å². The zero-order valence-corrected chi connectivity index (χ0v) is 13.0. The number of carbonyl (C=O) groups is 1. The summed E-state index contributed by atoms with van der Waals surface area (Å²) in [5.74, 6) is 1.62. The highest BCUT2D eigenvalue weighted by Gasteiger charge is 2.17. The Balaban J connectivity index is 1.68.